The van der Waals surface area contributed by atoms with Gasteiger partial charge in [-0.05, 0) is 41.1 Å². The molecule has 0 fully saturated rings. The van der Waals surface area contributed by atoms with E-state index in [1.54, 1.807) is 43.3 Å². The third kappa shape index (κ3) is 3.54. The molecule has 0 aliphatic carbocycles. The smallest absolute Gasteiger partial charge is 0.252 e. The minimum atomic E-state index is -0.942. The Morgan fingerprint density at radius 1 is 1.23 bits per heavy atom. The molecule has 1 atom stereocenters. The van der Waals surface area contributed by atoms with E-state index in [9.17, 15) is 9.18 Å². The molecule has 0 radical (unpaired) electrons. The molecule has 116 valence electrons. The quantitative estimate of drug-likeness (QED) is 0.872. The molecule has 0 aliphatic rings. The van der Waals surface area contributed by atoms with Gasteiger partial charge in [-0.2, -0.15) is 0 Å². The Kier molecular flexibility index (Phi) is 5.32. The number of benzene rings is 2. The first kappa shape index (κ1) is 16.6. The van der Waals surface area contributed by atoms with E-state index in [0.29, 0.717) is 15.6 Å². The average Bonchev–Trinajstić information content (AvgIpc) is 2.53. The van der Waals surface area contributed by atoms with E-state index in [1.165, 1.54) is 13.2 Å². The van der Waals surface area contributed by atoms with E-state index in [4.69, 9.17) is 4.74 Å². The molecule has 2 aromatic rings. The van der Waals surface area contributed by atoms with Gasteiger partial charge < -0.3 is 10.1 Å². The highest BCUT2D eigenvalue weighted by Crippen LogP contribution is 2.26. The van der Waals surface area contributed by atoms with Crippen molar-refractivity contribution in [3.05, 3.63) is 69.9 Å². The fourth-order valence-electron chi connectivity index (χ4n) is 2.16. The van der Waals surface area contributed by atoms with Gasteiger partial charge in [-0.25, -0.2) is 4.39 Å². The van der Waals surface area contributed by atoms with E-state index in [-0.39, 0.29) is 18.3 Å². The topological polar surface area (TPSA) is 38.3 Å². The van der Waals surface area contributed by atoms with Crippen LogP contribution in [-0.2, 0) is 10.3 Å². The van der Waals surface area contributed by atoms with Crippen LogP contribution in [0.15, 0.2) is 53.0 Å². The third-order valence-corrected chi connectivity index (χ3v) is 4.29. The lowest BCUT2D eigenvalue weighted by atomic mass is 9.95. The lowest BCUT2D eigenvalue weighted by Crippen LogP contribution is -2.40. The normalized spacial score (nSPS) is 13.5. The highest BCUT2D eigenvalue weighted by atomic mass is 79.9. The zero-order chi connectivity index (χ0) is 16.2. The second-order valence-corrected chi connectivity index (χ2v) is 5.93. The number of methoxy groups -OCH3 is 1. The summed E-state index contributed by atoms with van der Waals surface area (Å²) in [6, 6.07) is 13.5. The lowest BCUT2D eigenvalue weighted by Gasteiger charge is -2.29. The van der Waals surface area contributed by atoms with Crippen LogP contribution in [0, 0.1) is 5.82 Å². The number of carbonyl (C=O) groups is 1. The Balaban J connectivity index is 2.16. The molecule has 0 unspecified atom stereocenters. The summed E-state index contributed by atoms with van der Waals surface area (Å²) in [5.74, 6) is -0.603. The van der Waals surface area contributed by atoms with Crippen LogP contribution in [0.25, 0.3) is 0 Å². The van der Waals surface area contributed by atoms with Crippen LogP contribution >= 0.6 is 15.9 Å². The zero-order valence-electron chi connectivity index (χ0n) is 12.4. The predicted octanol–water partition coefficient (Wildman–Crippen LogP) is 3.88. The van der Waals surface area contributed by atoms with Gasteiger partial charge in [0, 0.05) is 17.1 Å². The van der Waals surface area contributed by atoms with Gasteiger partial charge in [0.2, 0.25) is 0 Å². The van der Waals surface area contributed by atoms with Crippen molar-refractivity contribution in [1.82, 2.24) is 5.32 Å². The van der Waals surface area contributed by atoms with E-state index in [0.717, 1.165) is 0 Å². The molecule has 5 heteroatoms. The van der Waals surface area contributed by atoms with Crippen LogP contribution in [0.3, 0.4) is 0 Å². The SMILES string of the molecule is CO[C@@](C)(CNC(=O)c1ccccc1Br)c1ccccc1F. The Morgan fingerprint density at radius 2 is 1.86 bits per heavy atom. The maximum Gasteiger partial charge on any atom is 0.252 e. The first-order valence-electron chi connectivity index (χ1n) is 6.81. The number of carbonyl (C=O) groups excluding carboxylic acids is 1. The van der Waals surface area contributed by atoms with Crippen molar-refractivity contribution in [3.8, 4) is 0 Å². The van der Waals surface area contributed by atoms with E-state index < -0.39 is 5.60 Å². The van der Waals surface area contributed by atoms with Crippen molar-refractivity contribution in [1.29, 1.82) is 0 Å². The first-order valence-corrected chi connectivity index (χ1v) is 7.60. The second-order valence-electron chi connectivity index (χ2n) is 5.08. The lowest BCUT2D eigenvalue weighted by molar-refractivity contribution is 0.000382. The zero-order valence-corrected chi connectivity index (χ0v) is 14.0. The van der Waals surface area contributed by atoms with Crippen molar-refractivity contribution in [2.45, 2.75) is 12.5 Å². The Bertz CT molecular complexity index is 677. The first-order chi connectivity index (χ1) is 10.5. The predicted molar refractivity (Wildman–Crippen MR) is 87.2 cm³/mol. The summed E-state index contributed by atoms with van der Waals surface area (Å²) in [5, 5.41) is 2.80. The number of nitrogens with one attached hydrogen (secondary N) is 1. The molecule has 3 nitrogen and oxygen atoms in total. The van der Waals surface area contributed by atoms with Gasteiger partial charge in [0.25, 0.3) is 5.91 Å². The Morgan fingerprint density at radius 3 is 2.50 bits per heavy atom. The van der Waals surface area contributed by atoms with Crippen LogP contribution in [0.1, 0.15) is 22.8 Å². The van der Waals surface area contributed by atoms with Gasteiger partial charge in [-0.3, -0.25) is 4.79 Å². The number of halogens is 2. The number of hydrogen-bond acceptors (Lipinski definition) is 2. The standard InChI is InChI=1S/C17H17BrFNO2/c1-17(22-2,13-8-4-6-10-15(13)19)11-20-16(21)12-7-3-5-9-14(12)18/h3-10H,11H2,1-2H3,(H,20,21)/t17-/m0/s1. The molecule has 1 N–H and O–H groups in total. The van der Waals surface area contributed by atoms with E-state index in [1.807, 2.05) is 6.07 Å². The van der Waals surface area contributed by atoms with Gasteiger partial charge in [-0.1, -0.05) is 30.3 Å². The number of rotatable bonds is 5. The summed E-state index contributed by atoms with van der Waals surface area (Å²) in [5.41, 5.74) is -0.0122. The molecular formula is C17H17BrFNO2. The highest BCUT2D eigenvalue weighted by molar-refractivity contribution is 9.10. The molecule has 0 aromatic heterocycles. The molecular weight excluding hydrogens is 349 g/mol. The van der Waals surface area contributed by atoms with Crippen molar-refractivity contribution in [2.75, 3.05) is 13.7 Å². The molecule has 0 aliphatic heterocycles. The average molecular weight is 366 g/mol. The summed E-state index contributed by atoms with van der Waals surface area (Å²) in [6.07, 6.45) is 0. The van der Waals surface area contributed by atoms with Crippen LogP contribution < -0.4 is 5.32 Å². The van der Waals surface area contributed by atoms with Gasteiger partial charge in [-0.15, -0.1) is 0 Å². The summed E-state index contributed by atoms with van der Waals surface area (Å²) in [4.78, 5) is 12.3. The minimum absolute atomic E-state index is 0.157. The summed E-state index contributed by atoms with van der Waals surface area (Å²) < 4.78 is 20.1. The molecule has 0 heterocycles. The summed E-state index contributed by atoms with van der Waals surface area (Å²) in [6.45, 7) is 1.90. The van der Waals surface area contributed by atoms with Gasteiger partial charge in [0.15, 0.2) is 0 Å². The van der Waals surface area contributed by atoms with Crippen molar-refractivity contribution in [2.24, 2.45) is 0 Å². The number of hydrogen-bond donors (Lipinski definition) is 1. The highest BCUT2D eigenvalue weighted by Gasteiger charge is 2.30. The van der Waals surface area contributed by atoms with Gasteiger partial charge >= 0.3 is 0 Å². The van der Waals surface area contributed by atoms with Crippen molar-refractivity contribution >= 4 is 21.8 Å². The molecule has 22 heavy (non-hydrogen) atoms. The number of amides is 1. The van der Waals surface area contributed by atoms with E-state index >= 15 is 0 Å². The Hall–Kier alpha value is -1.72. The van der Waals surface area contributed by atoms with Gasteiger partial charge in [0.1, 0.15) is 11.4 Å². The van der Waals surface area contributed by atoms with E-state index in [2.05, 4.69) is 21.2 Å². The fourth-order valence-corrected chi connectivity index (χ4v) is 2.62. The molecule has 2 rings (SSSR count). The number of ether oxygens (including phenoxy) is 1. The molecule has 0 spiro atoms. The van der Waals surface area contributed by atoms with Crippen LogP contribution in [-0.4, -0.2) is 19.6 Å². The second kappa shape index (κ2) is 7.03. The fraction of sp³-hybridized carbons (Fsp3) is 0.235. The molecule has 2 aromatic carbocycles. The minimum Gasteiger partial charge on any atom is -0.372 e. The maximum absolute atomic E-state index is 14.0. The largest absolute Gasteiger partial charge is 0.372 e. The maximum atomic E-state index is 14.0. The van der Waals surface area contributed by atoms with Gasteiger partial charge in [0.05, 0.1) is 12.1 Å². The summed E-state index contributed by atoms with van der Waals surface area (Å²) in [7, 11) is 1.50. The van der Waals surface area contributed by atoms with Crippen LogP contribution in [0.4, 0.5) is 4.39 Å². The monoisotopic (exact) mass is 365 g/mol. The summed E-state index contributed by atoms with van der Waals surface area (Å²) >= 11 is 3.34. The molecule has 0 saturated heterocycles. The van der Waals surface area contributed by atoms with Crippen molar-refractivity contribution in [3.63, 3.8) is 0 Å². The Labute approximate surface area is 137 Å². The molecule has 0 bridgehead atoms. The van der Waals surface area contributed by atoms with Crippen LogP contribution in [0.5, 0.6) is 0 Å². The third-order valence-electron chi connectivity index (χ3n) is 3.60. The van der Waals surface area contributed by atoms with Crippen LogP contribution in [0.2, 0.25) is 0 Å². The van der Waals surface area contributed by atoms with Crippen molar-refractivity contribution < 1.29 is 13.9 Å². The molecule has 1 amide bonds. The molecule has 0 saturated carbocycles.